The van der Waals surface area contributed by atoms with Crippen molar-refractivity contribution in [2.45, 2.75) is 32.1 Å². The predicted octanol–water partition coefficient (Wildman–Crippen LogP) is 7.51. The second kappa shape index (κ2) is 21.6. The Bertz CT molecular complexity index is 1860. The lowest BCUT2D eigenvalue weighted by atomic mass is 10.2. The van der Waals surface area contributed by atoms with Gasteiger partial charge in [0.2, 0.25) is 0 Å². The molecule has 4 rings (SSSR count). The van der Waals surface area contributed by atoms with Crippen LogP contribution < -0.4 is 23.7 Å². The van der Waals surface area contributed by atoms with Crippen LogP contribution in [-0.2, 0) is 19.1 Å². The van der Waals surface area contributed by atoms with Crippen LogP contribution in [0.2, 0.25) is 0 Å². The molecule has 0 aromatic heterocycles. The molecule has 0 bridgehead atoms. The summed E-state index contributed by atoms with van der Waals surface area (Å²) in [6.07, 6.45) is 6.19. The molecule has 4 aromatic carbocycles. The van der Waals surface area contributed by atoms with Crippen LogP contribution in [0.5, 0.6) is 28.7 Å². The van der Waals surface area contributed by atoms with Gasteiger partial charge in [-0.05, 0) is 123 Å². The topological polar surface area (TPSA) is 150 Å². The van der Waals surface area contributed by atoms with Crippen molar-refractivity contribution in [3.8, 4) is 28.7 Å². The molecule has 54 heavy (non-hydrogen) atoms. The third kappa shape index (κ3) is 13.8. The molecule has 0 aliphatic rings. The van der Waals surface area contributed by atoms with Gasteiger partial charge in [-0.25, -0.2) is 24.0 Å². The summed E-state index contributed by atoms with van der Waals surface area (Å²) in [7, 11) is 0. The second-order valence-electron chi connectivity index (χ2n) is 11.4. The van der Waals surface area contributed by atoms with Crippen molar-refractivity contribution in [2.75, 3.05) is 26.4 Å². The molecule has 0 aliphatic heterocycles. The summed E-state index contributed by atoms with van der Waals surface area (Å²) in [5.41, 5.74) is 0.856. The molecule has 0 saturated carbocycles. The van der Waals surface area contributed by atoms with Crippen molar-refractivity contribution in [1.29, 1.82) is 0 Å². The maximum atomic E-state index is 12.7. The van der Waals surface area contributed by atoms with Crippen molar-refractivity contribution in [3.63, 3.8) is 0 Å². The number of carbonyl (C=O) groups is 5. The zero-order valence-electron chi connectivity index (χ0n) is 29.6. The second-order valence-corrected chi connectivity index (χ2v) is 11.4. The lowest BCUT2D eigenvalue weighted by Gasteiger charge is -2.09. The first-order valence-electron chi connectivity index (χ1n) is 17.1. The molecular weight excluding hydrogens is 696 g/mol. The van der Waals surface area contributed by atoms with Crippen molar-refractivity contribution in [3.05, 3.63) is 139 Å². The minimum Gasteiger partial charge on any atom is -0.494 e. The molecule has 0 heterocycles. The fourth-order valence-electron chi connectivity index (χ4n) is 4.57. The molecule has 12 nitrogen and oxygen atoms in total. The van der Waals surface area contributed by atoms with Crippen LogP contribution in [0.15, 0.2) is 122 Å². The third-order valence-electron chi connectivity index (χ3n) is 7.41. The Balaban J connectivity index is 1.15. The summed E-state index contributed by atoms with van der Waals surface area (Å²) in [5.74, 6) is -0.817. The number of unbranched alkanes of at least 4 members (excludes halogenated alkanes) is 3. The quantitative estimate of drug-likeness (QED) is 0.0361. The minimum absolute atomic E-state index is 0.205. The zero-order valence-corrected chi connectivity index (χ0v) is 29.6. The van der Waals surface area contributed by atoms with E-state index >= 15 is 0 Å². The fraction of sp³-hybridized carbons (Fsp3) is 0.214. The molecule has 0 fully saturated rings. The maximum Gasteiger partial charge on any atom is 0.343 e. The molecule has 0 atom stereocenters. The molecule has 0 radical (unpaired) electrons. The Kier molecular flexibility index (Phi) is 16.1. The van der Waals surface area contributed by atoms with Crippen molar-refractivity contribution in [2.24, 2.45) is 0 Å². The number of esters is 5. The van der Waals surface area contributed by atoms with E-state index in [0.29, 0.717) is 48.9 Å². The molecule has 280 valence electrons. The van der Waals surface area contributed by atoms with Gasteiger partial charge in [0.15, 0.2) is 0 Å². The van der Waals surface area contributed by atoms with Gasteiger partial charge in [0.05, 0.1) is 43.1 Å². The van der Waals surface area contributed by atoms with E-state index in [9.17, 15) is 24.0 Å². The summed E-state index contributed by atoms with van der Waals surface area (Å²) in [5, 5.41) is 0. The Morgan fingerprint density at radius 1 is 0.389 bits per heavy atom. The Labute approximate surface area is 312 Å². The number of hydrogen-bond acceptors (Lipinski definition) is 12. The molecule has 0 aliphatic carbocycles. The first-order chi connectivity index (χ1) is 26.2. The third-order valence-corrected chi connectivity index (χ3v) is 7.41. The van der Waals surface area contributed by atoms with E-state index in [-0.39, 0.29) is 29.4 Å². The summed E-state index contributed by atoms with van der Waals surface area (Å²) < 4.78 is 37.4. The summed E-state index contributed by atoms with van der Waals surface area (Å²) in [6, 6.07) is 24.9. The number of ether oxygens (including phenoxy) is 7. The first kappa shape index (κ1) is 40.1. The van der Waals surface area contributed by atoms with E-state index < -0.39 is 29.8 Å². The van der Waals surface area contributed by atoms with Crippen molar-refractivity contribution < 1.29 is 57.1 Å². The highest BCUT2D eigenvalue weighted by molar-refractivity contribution is 5.93. The number of benzene rings is 4. The highest BCUT2D eigenvalue weighted by Crippen LogP contribution is 2.22. The SMILES string of the molecule is C=CC(=O)OCCCCCCOc1ccc(C(=O)Oc2ccc(OC(=O)c3ccc(OC(=O)c4ccc(OCCCOC(=O)C=C)cc4)cc3)cc2)cc1. The average molecular weight is 737 g/mol. The van der Waals surface area contributed by atoms with Crippen molar-refractivity contribution in [1.82, 2.24) is 0 Å². The monoisotopic (exact) mass is 736 g/mol. The van der Waals surface area contributed by atoms with E-state index in [1.165, 1.54) is 48.5 Å². The molecule has 0 amide bonds. The number of carbonyl (C=O) groups excluding carboxylic acids is 5. The van der Waals surface area contributed by atoms with Crippen LogP contribution in [0.25, 0.3) is 0 Å². The molecule has 0 saturated heterocycles. The van der Waals surface area contributed by atoms with E-state index in [0.717, 1.165) is 37.8 Å². The van der Waals surface area contributed by atoms with Gasteiger partial charge in [-0.1, -0.05) is 13.2 Å². The normalized spacial score (nSPS) is 10.3. The summed E-state index contributed by atoms with van der Waals surface area (Å²) in [4.78, 5) is 60.0. The molecule has 12 heteroatoms. The van der Waals surface area contributed by atoms with Gasteiger partial charge in [-0.3, -0.25) is 0 Å². The van der Waals surface area contributed by atoms with Crippen LogP contribution in [0.4, 0.5) is 0 Å². The van der Waals surface area contributed by atoms with Gasteiger partial charge in [-0.2, -0.15) is 0 Å². The molecule has 0 spiro atoms. The maximum absolute atomic E-state index is 12.7. The smallest absolute Gasteiger partial charge is 0.343 e. The van der Waals surface area contributed by atoms with Crippen LogP contribution in [0.3, 0.4) is 0 Å². The Hall–Kier alpha value is -6.69. The number of rotatable bonds is 21. The van der Waals surface area contributed by atoms with E-state index in [1.54, 1.807) is 48.5 Å². The zero-order chi connectivity index (χ0) is 38.5. The van der Waals surface area contributed by atoms with E-state index in [2.05, 4.69) is 13.2 Å². The highest BCUT2D eigenvalue weighted by atomic mass is 16.6. The Morgan fingerprint density at radius 2 is 0.685 bits per heavy atom. The minimum atomic E-state index is -0.638. The van der Waals surface area contributed by atoms with Gasteiger partial charge in [0.1, 0.15) is 28.7 Å². The van der Waals surface area contributed by atoms with Gasteiger partial charge in [-0.15, -0.1) is 0 Å². The summed E-state index contributed by atoms with van der Waals surface area (Å²) >= 11 is 0. The summed E-state index contributed by atoms with van der Waals surface area (Å²) in [6.45, 7) is 8.10. The van der Waals surface area contributed by atoms with E-state index in [1.807, 2.05) is 0 Å². The van der Waals surface area contributed by atoms with Gasteiger partial charge >= 0.3 is 29.8 Å². The molecule has 0 N–H and O–H groups in total. The molecular formula is C42H40O12. The highest BCUT2D eigenvalue weighted by Gasteiger charge is 2.14. The van der Waals surface area contributed by atoms with Gasteiger partial charge < -0.3 is 33.2 Å². The van der Waals surface area contributed by atoms with Gasteiger partial charge in [0.25, 0.3) is 0 Å². The standard InChI is InChI=1S/C42H40O12/c1-3-38(43)50-27-8-6-5-7-26-48-33-16-10-31(11-17-33)41(46)53-36-22-24-37(25-23-36)54-42(47)32-14-20-35(21-15-32)52-40(45)30-12-18-34(19-13-30)49-28-9-29-51-39(44)4-2/h3-4,10-25H,1-2,5-9,26-29H2. The lowest BCUT2D eigenvalue weighted by molar-refractivity contribution is -0.138. The van der Waals surface area contributed by atoms with Gasteiger partial charge in [0, 0.05) is 18.6 Å². The molecule has 4 aromatic rings. The predicted molar refractivity (Wildman–Crippen MR) is 197 cm³/mol. The largest absolute Gasteiger partial charge is 0.494 e. The van der Waals surface area contributed by atoms with Crippen LogP contribution >= 0.6 is 0 Å². The van der Waals surface area contributed by atoms with Crippen LogP contribution in [0, 0.1) is 0 Å². The number of hydrogen-bond donors (Lipinski definition) is 0. The first-order valence-corrected chi connectivity index (χ1v) is 17.1. The lowest BCUT2D eigenvalue weighted by Crippen LogP contribution is -2.11. The molecule has 0 unspecified atom stereocenters. The fourth-order valence-corrected chi connectivity index (χ4v) is 4.57. The van der Waals surface area contributed by atoms with Crippen LogP contribution in [0.1, 0.15) is 63.2 Å². The van der Waals surface area contributed by atoms with Crippen molar-refractivity contribution >= 4 is 29.8 Å². The average Bonchev–Trinajstić information content (AvgIpc) is 3.19. The van der Waals surface area contributed by atoms with E-state index in [4.69, 9.17) is 33.2 Å². The van der Waals surface area contributed by atoms with Crippen LogP contribution in [-0.4, -0.2) is 56.3 Å². The Morgan fingerprint density at radius 3 is 1.06 bits per heavy atom.